The second-order valence-corrected chi connectivity index (χ2v) is 9.47. The summed E-state index contributed by atoms with van der Waals surface area (Å²) in [5.74, 6) is 0.263. The Bertz CT molecular complexity index is 1240. The molecule has 2 aliphatic rings. The number of nitrogens with zero attached hydrogens (tertiary/aromatic N) is 4. The van der Waals surface area contributed by atoms with Gasteiger partial charge in [0.2, 0.25) is 5.91 Å². The summed E-state index contributed by atoms with van der Waals surface area (Å²) >= 11 is 0. The van der Waals surface area contributed by atoms with Crippen molar-refractivity contribution in [2.45, 2.75) is 33.4 Å². The SMILES string of the molecule is CCN1C(=O)C(CN2CCN(Cc3cc4ccccc4n(CC)c3=O)CC2)Cc2ccccc21. The van der Waals surface area contributed by atoms with Gasteiger partial charge in [-0.15, -0.1) is 0 Å². The smallest absolute Gasteiger partial charge is 0.255 e. The molecule has 1 aromatic heterocycles. The van der Waals surface area contributed by atoms with E-state index in [1.807, 2.05) is 40.7 Å². The van der Waals surface area contributed by atoms with Crippen LogP contribution in [0.2, 0.25) is 0 Å². The first kappa shape index (κ1) is 22.8. The maximum absolute atomic E-state index is 13.2. The summed E-state index contributed by atoms with van der Waals surface area (Å²) in [6.45, 7) is 10.6. The van der Waals surface area contributed by atoms with Crippen LogP contribution in [0, 0.1) is 5.92 Å². The van der Waals surface area contributed by atoms with Crippen molar-refractivity contribution in [3.8, 4) is 0 Å². The molecule has 1 atom stereocenters. The minimum Gasteiger partial charge on any atom is -0.312 e. The van der Waals surface area contributed by atoms with Crippen molar-refractivity contribution in [1.82, 2.24) is 14.4 Å². The molecule has 1 amide bonds. The van der Waals surface area contributed by atoms with E-state index in [4.69, 9.17) is 0 Å². The Balaban J connectivity index is 1.24. The molecule has 1 fully saturated rings. The quantitative estimate of drug-likeness (QED) is 0.568. The Morgan fingerprint density at radius 2 is 1.56 bits per heavy atom. The second-order valence-electron chi connectivity index (χ2n) is 9.47. The van der Waals surface area contributed by atoms with E-state index in [1.54, 1.807) is 0 Å². The Kier molecular flexibility index (Phi) is 6.53. The lowest BCUT2D eigenvalue weighted by molar-refractivity contribution is -0.123. The molecule has 6 nitrogen and oxygen atoms in total. The zero-order valence-corrected chi connectivity index (χ0v) is 20.2. The van der Waals surface area contributed by atoms with Crippen LogP contribution in [-0.4, -0.2) is 59.5 Å². The molecule has 3 heterocycles. The van der Waals surface area contributed by atoms with Crippen LogP contribution in [0.4, 0.5) is 5.69 Å². The van der Waals surface area contributed by atoms with Crippen LogP contribution in [0.15, 0.2) is 59.4 Å². The molecule has 1 unspecified atom stereocenters. The molecule has 0 N–H and O–H groups in total. The van der Waals surface area contributed by atoms with E-state index in [1.165, 1.54) is 5.56 Å². The van der Waals surface area contributed by atoms with Crippen LogP contribution in [0.5, 0.6) is 0 Å². The number of piperazine rings is 1. The van der Waals surface area contributed by atoms with Crippen LogP contribution < -0.4 is 10.5 Å². The van der Waals surface area contributed by atoms with Gasteiger partial charge in [-0.3, -0.25) is 19.4 Å². The predicted molar refractivity (Wildman–Crippen MR) is 137 cm³/mol. The fourth-order valence-electron chi connectivity index (χ4n) is 5.60. The number of carbonyl (C=O) groups is 1. The number of pyridine rings is 1. The molecule has 3 aromatic rings. The number of carbonyl (C=O) groups excluding carboxylic acids is 1. The highest BCUT2D eigenvalue weighted by Gasteiger charge is 2.33. The Hall–Kier alpha value is -2.96. The molecule has 34 heavy (non-hydrogen) atoms. The average molecular weight is 459 g/mol. The molecule has 5 rings (SSSR count). The van der Waals surface area contributed by atoms with E-state index in [2.05, 4.69) is 47.1 Å². The van der Waals surface area contributed by atoms with Gasteiger partial charge in [-0.25, -0.2) is 0 Å². The third-order valence-electron chi connectivity index (χ3n) is 7.41. The number of aromatic nitrogens is 1. The molecular formula is C28H34N4O2. The monoisotopic (exact) mass is 458 g/mol. The first-order chi connectivity index (χ1) is 16.6. The molecule has 6 heteroatoms. The van der Waals surface area contributed by atoms with Gasteiger partial charge in [-0.1, -0.05) is 36.4 Å². The lowest BCUT2D eigenvalue weighted by atomic mass is 9.91. The third-order valence-corrected chi connectivity index (χ3v) is 7.41. The summed E-state index contributed by atoms with van der Waals surface area (Å²) in [5, 5.41) is 1.12. The van der Waals surface area contributed by atoms with Gasteiger partial charge in [0.15, 0.2) is 0 Å². The molecule has 178 valence electrons. The van der Waals surface area contributed by atoms with E-state index in [0.717, 1.165) is 61.3 Å². The lowest BCUT2D eigenvalue weighted by Crippen LogP contribution is -2.51. The van der Waals surface area contributed by atoms with E-state index >= 15 is 0 Å². The first-order valence-corrected chi connectivity index (χ1v) is 12.5. The van der Waals surface area contributed by atoms with Crippen molar-refractivity contribution in [2.75, 3.05) is 44.2 Å². The average Bonchev–Trinajstić information content (AvgIpc) is 2.86. The minimum absolute atomic E-state index is 0.0126. The highest BCUT2D eigenvalue weighted by molar-refractivity contribution is 5.98. The van der Waals surface area contributed by atoms with Crippen molar-refractivity contribution >= 4 is 22.5 Å². The fourth-order valence-corrected chi connectivity index (χ4v) is 5.60. The van der Waals surface area contributed by atoms with Crippen LogP contribution >= 0.6 is 0 Å². The van der Waals surface area contributed by atoms with Crippen molar-refractivity contribution in [2.24, 2.45) is 5.92 Å². The summed E-state index contributed by atoms with van der Waals surface area (Å²) in [6.07, 6.45) is 0.819. The van der Waals surface area contributed by atoms with Gasteiger partial charge in [-0.05, 0) is 49.4 Å². The molecule has 0 radical (unpaired) electrons. The molecule has 1 saturated heterocycles. The van der Waals surface area contributed by atoms with Gasteiger partial charge in [0.25, 0.3) is 5.56 Å². The maximum atomic E-state index is 13.2. The molecule has 2 aromatic carbocycles. The molecule has 0 aliphatic carbocycles. The summed E-state index contributed by atoms with van der Waals surface area (Å²) in [5.41, 5.74) is 4.34. The van der Waals surface area contributed by atoms with E-state index in [-0.39, 0.29) is 17.4 Å². The highest BCUT2D eigenvalue weighted by atomic mass is 16.2. The number of rotatable bonds is 6. The fraction of sp³-hybridized carbons (Fsp3) is 0.429. The molecule has 0 bridgehead atoms. The largest absolute Gasteiger partial charge is 0.312 e. The zero-order chi connectivity index (χ0) is 23.7. The molecular weight excluding hydrogens is 424 g/mol. The van der Waals surface area contributed by atoms with Crippen LogP contribution in [0.1, 0.15) is 25.0 Å². The minimum atomic E-state index is 0.0126. The third kappa shape index (κ3) is 4.28. The van der Waals surface area contributed by atoms with Crippen LogP contribution in [0.3, 0.4) is 0 Å². The molecule has 0 spiro atoms. The van der Waals surface area contributed by atoms with Crippen molar-refractivity contribution in [3.05, 3.63) is 76.1 Å². The molecule has 2 aliphatic heterocycles. The number of aryl methyl sites for hydroxylation is 1. The standard InChI is InChI=1S/C28H34N4O2/c1-3-31-25-11-7-5-9-21(25)17-23(27(31)33)19-29-13-15-30(16-14-29)20-24-18-22-10-6-8-12-26(22)32(4-2)28(24)34/h5-12,17,24H,3-4,13-16,18-20H2,1-2H3. The number of fused-ring (bicyclic) bond motifs is 2. The van der Waals surface area contributed by atoms with Crippen molar-refractivity contribution in [3.63, 3.8) is 0 Å². The predicted octanol–water partition coefficient (Wildman–Crippen LogP) is 3.36. The Morgan fingerprint density at radius 1 is 0.853 bits per heavy atom. The summed E-state index contributed by atoms with van der Waals surface area (Å²) in [6, 6.07) is 18.5. The van der Waals surface area contributed by atoms with Gasteiger partial charge in [0, 0.05) is 63.6 Å². The van der Waals surface area contributed by atoms with Crippen LogP contribution in [0.25, 0.3) is 10.9 Å². The number of hydrogen-bond acceptors (Lipinski definition) is 4. The highest BCUT2D eigenvalue weighted by Crippen LogP contribution is 2.31. The van der Waals surface area contributed by atoms with Gasteiger partial charge in [-0.2, -0.15) is 0 Å². The van der Waals surface area contributed by atoms with Crippen LogP contribution in [-0.2, 0) is 24.3 Å². The number of benzene rings is 2. The zero-order valence-electron chi connectivity index (χ0n) is 20.2. The molecule has 0 saturated carbocycles. The van der Waals surface area contributed by atoms with Crippen molar-refractivity contribution < 1.29 is 4.79 Å². The number of amides is 1. The maximum Gasteiger partial charge on any atom is 0.255 e. The normalized spacial score (nSPS) is 19.5. The Morgan fingerprint density at radius 3 is 2.32 bits per heavy atom. The van der Waals surface area contributed by atoms with Crippen molar-refractivity contribution in [1.29, 1.82) is 0 Å². The lowest BCUT2D eigenvalue weighted by Gasteiger charge is -2.39. The Labute approximate surface area is 201 Å². The van der Waals surface area contributed by atoms with E-state index in [0.29, 0.717) is 19.6 Å². The number of anilines is 1. The topological polar surface area (TPSA) is 48.8 Å². The number of hydrogen-bond donors (Lipinski definition) is 0. The summed E-state index contributed by atoms with van der Waals surface area (Å²) in [4.78, 5) is 33.0. The van der Waals surface area contributed by atoms with Gasteiger partial charge in [0.1, 0.15) is 0 Å². The summed E-state index contributed by atoms with van der Waals surface area (Å²) < 4.78 is 1.88. The first-order valence-electron chi connectivity index (χ1n) is 12.5. The summed E-state index contributed by atoms with van der Waals surface area (Å²) in [7, 11) is 0. The van der Waals surface area contributed by atoms with Gasteiger partial charge < -0.3 is 9.47 Å². The second kappa shape index (κ2) is 9.72. The van der Waals surface area contributed by atoms with E-state index < -0.39 is 0 Å². The van der Waals surface area contributed by atoms with Gasteiger partial charge in [0.05, 0.1) is 11.4 Å². The number of para-hydroxylation sites is 2. The van der Waals surface area contributed by atoms with E-state index in [9.17, 15) is 9.59 Å². The van der Waals surface area contributed by atoms with Gasteiger partial charge >= 0.3 is 0 Å².